The van der Waals surface area contributed by atoms with E-state index in [0.29, 0.717) is 29.8 Å². The van der Waals surface area contributed by atoms with Crippen molar-refractivity contribution in [2.45, 2.75) is 20.4 Å². The first kappa shape index (κ1) is 15.6. The van der Waals surface area contributed by atoms with Crippen LogP contribution in [-0.2, 0) is 6.54 Å². The predicted molar refractivity (Wildman–Crippen MR) is 86.7 cm³/mol. The molecule has 0 unspecified atom stereocenters. The molecule has 1 amide bonds. The van der Waals surface area contributed by atoms with Crippen LogP contribution in [-0.4, -0.2) is 26.0 Å². The van der Waals surface area contributed by atoms with Crippen molar-refractivity contribution in [2.75, 3.05) is 5.32 Å². The Labute approximate surface area is 138 Å². The highest BCUT2D eigenvalue weighted by Gasteiger charge is 2.11. The van der Waals surface area contributed by atoms with Crippen LogP contribution in [0.4, 0.5) is 11.6 Å². The number of hydrogen-bond acceptors (Lipinski definition) is 7. The number of carbonyl (C=O) groups is 1. The fourth-order valence-corrected chi connectivity index (χ4v) is 2.08. The summed E-state index contributed by atoms with van der Waals surface area (Å²) in [5, 5.41) is 9.65. The third-order valence-corrected chi connectivity index (χ3v) is 3.16. The van der Waals surface area contributed by atoms with Gasteiger partial charge >= 0.3 is 0 Å². The number of rotatable bonds is 5. The topological polar surface area (TPSA) is 106 Å². The Hall–Kier alpha value is -3.29. The summed E-state index contributed by atoms with van der Waals surface area (Å²) >= 11 is 0. The Kier molecular flexibility index (Phi) is 4.46. The molecule has 3 aromatic heterocycles. The minimum atomic E-state index is -0.281. The Bertz CT molecular complexity index is 847. The van der Waals surface area contributed by atoms with Crippen molar-refractivity contribution in [3.05, 3.63) is 59.5 Å². The largest absolute Gasteiger partial charge is 0.360 e. The molecular weight excluding hydrogens is 308 g/mol. The smallest absolute Gasteiger partial charge is 0.270 e. The maximum Gasteiger partial charge on any atom is 0.270 e. The van der Waals surface area contributed by atoms with Crippen LogP contribution in [0.1, 0.15) is 27.6 Å². The summed E-state index contributed by atoms with van der Waals surface area (Å²) in [6.07, 6.45) is 3.36. The molecule has 0 spiro atoms. The van der Waals surface area contributed by atoms with E-state index in [1.807, 2.05) is 12.1 Å². The third kappa shape index (κ3) is 3.92. The van der Waals surface area contributed by atoms with Crippen molar-refractivity contribution in [1.29, 1.82) is 0 Å². The Morgan fingerprint density at radius 1 is 1.12 bits per heavy atom. The van der Waals surface area contributed by atoms with Gasteiger partial charge in [0.05, 0.1) is 0 Å². The lowest BCUT2D eigenvalue weighted by Crippen LogP contribution is -2.24. The number of pyridine rings is 1. The summed E-state index contributed by atoms with van der Waals surface area (Å²) in [5.74, 6) is 1.88. The molecule has 0 bridgehead atoms. The maximum atomic E-state index is 12.3. The average molecular weight is 324 g/mol. The molecule has 0 aliphatic carbocycles. The molecule has 8 nitrogen and oxygen atoms in total. The van der Waals surface area contributed by atoms with Crippen LogP contribution in [0.25, 0.3) is 0 Å². The van der Waals surface area contributed by atoms with E-state index in [0.717, 1.165) is 5.56 Å². The van der Waals surface area contributed by atoms with Gasteiger partial charge in [0.1, 0.15) is 23.1 Å². The monoisotopic (exact) mass is 324 g/mol. The quantitative estimate of drug-likeness (QED) is 0.740. The van der Waals surface area contributed by atoms with E-state index in [2.05, 4.69) is 30.7 Å². The summed E-state index contributed by atoms with van der Waals surface area (Å²) in [4.78, 5) is 24.7. The zero-order chi connectivity index (χ0) is 16.9. The Morgan fingerprint density at radius 2 is 1.92 bits per heavy atom. The number of carbonyl (C=O) groups excluding carboxylic acids is 1. The van der Waals surface area contributed by atoms with Crippen molar-refractivity contribution in [2.24, 2.45) is 0 Å². The molecule has 0 aromatic carbocycles. The van der Waals surface area contributed by atoms with E-state index in [9.17, 15) is 4.79 Å². The highest BCUT2D eigenvalue weighted by molar-refractivity contribution is 5.93. The van der Waals surface area contributed by atoms with Gasteiger partial charge in [-0.15, -0.1) is 0 Å². The SMILES string of the molecule is Cc1nc(Nc2cc(C)on2)cc(C(=O)NCc2ccncc2)n1. The lowest BCUT2D eigenvalue weighted by atomic mass is 10.2. The number of amides is 1. The van der Waals surface area contributed by atoms with E-state index >= 15 is 0 Å². The molecule has 0 fully saturated rings. The van der Waals surface area contributed by atoms with E-state index < -0.39 is 0 Å². The number of hydrogen-bond donors (Lipinski definition) is 2. The van der Waals surface area contributed by atoms with Gasteiger partial charge in [0.25, 0.3) is 5.91 Å². The van der Waals surface area contributed by atoms with E-state index in [1.54, 1.807) is 38.4 Å². The summed E-state index contributed by atoms with van der Waals surface area (Å²) in [6.45, 7) is 3.91. The van der Waals surface area contributed by atoms with Crippen LogP contribution in [0.3, 0.4) is 0 Å². The van der Waals surface area contributed by atoms with Gasteiger partial charge in [-0.05, 0) is 31.5 Å². The molecule has 3 aromatic rings. The number of aromatic nitrogens is 4. The molecule has 2 N–H and O–H groups in total. The van der Waals surface area contributed by atoms with Gasteiger partial charge in [-0.1, -0.05) is 5.16 Å². The molecule has 24 heavy (non-hydrogen) atoms. The molecule has 0 saturated heterocycles. The first-order valence-electron chi connectivity index (χ1n) is 7.33. The van der Waals surface area contributed by atoms with Crippen LogP contribution in [0.5, 0.6) is 0 Å². The van der Waals surface area contributed by atoms with Crippen molar-refractivity contribution >= 4 is 17.5 Å². The van der Waals surface area contributed by atoms with Gasteiger partial charge in [-0.2, -0.15) is 0 Å². The van der Waals surface area contributed by atoms with E-state index in [1.165, 1.54) is 0 Å². The van der Waals surface area contributed by atoms with Gasteiger partial charge in [-0.25, -0.2) is 9.97 Å². The van der Waals surface area contributed by atoms with Crippen LogP contribution >= 0.6 is 0 Å². The summed E-state index contributed by atoms with van der Waals surface area (Å²) in [6, 6.07) is 6.98. The number of aryl methyl sites for hydroxylation is 2. The zero-order valence-corrected chi connectivity index (χ0v) is 13.3. The number of nitrogens with one attached hydrogen (secondary N) is 2. The highest BCUT2D eigenvalue weighted by atomic mass is 16.5. The zero-order valence-electron chi connectivity index (χ0n) is 13.3. The number of anilines is 2. The molecule has 0 atom stereocenters. The Morgan fingerprint density at radius 3 is 2.62 bits per heavy atom. The van der Waals surface area contributed by atoms with Crippen molar-refractivity contribution in [3.8, 4) is 0 Å². The van der Waals surface area contributed by atoms with Crippen molar-refractivity contribution in [1.82, 2.24) is 25.4 Å². The molecule has 0 radical (unpaired) electrons. The minimum Gasteiger partial charge on any atom is -0.360 e. The molecule has 0 saturated carbocycles. The highest BCUT2D eigenvalue weighted by Crippen LogP contribution is 2.15. The summed E-state index contributed by atoms with van der Waals surface area (Å²) in [5.41, 5.74) is 1.24. The van der Waals surface area contributed by atoms with E-state index in [-0.39, 0.29) is 11.6 Å². The second-order valence-electron chi connectivity index (χ2n) is 5.17. The van der Waals surface area contributed by atoms with Gasteiger partial charge in [0.15, 0.2) is 5.82 Å². The lowest BCUT2D eigenvalue weighted by molar-refractivity contribution is 0.0945. The predicted octanol–water partition coefficient (Wildman–Crippen LogP) is 2.15. The van der Waals surface area contributed by atoms with Crippen LogP contribution in [0.15, 0.2) is 41.2 Å². The minimum absolute atomic E-state index is 0.277. The molecule has 3 heterocycles. The van der Waals surface area contributed by atoms with Crippen molar-refractivity contribution < 1.29 is 9.32 Å². The molecule has 0 aliphatic heterocycles. The molecular formula is C16H16N6O2. The fraction of sp³-hybridized carbons (Fsp3) is 0.188. The number of nitrogens with zero attached hydrogens (tertiary/aromatic N) is 4. The normalized spacial score (nSPS) is 10.4. The maximum absolute atomic E-state index is 12.3. The standard InChI is InChI=1S/C16H16N6O2/c1-10-7-15(22-24-10)21-14-8-13(19-11(2)20-14)16(23)18-9-12-3-5-17-6-4-12/h3-8H,9H2,1-2H3,(H,18,23)(H,19,20,21,22). The molecule has 3 rings (SSSR count). The fourth-order valence-electron chi connectivity index (χ4n) is 2.08. The van der Waals surface area contributed by atoms with Crippen LogP contribution in [0, 0.1) is 13.8 Å². The van der Waals surface area contributed by atoms with Gasteiger partial charge in [0.2, 0.25) is 0 Å². The van der Waals surface area contributed by atoms with Crippen LogP contribution < -0.4 is 10.6 Å². The van der Waals surface area contributed by atoms with Crippen molar-refractivity contribution in [3.63, 3.8) is 0 Å². The second-order valence-corrected chi connectivity index (χ2v) is 5.17. The second kappa shape index (κ2) is 6.86. The third-order valence-electron chi connectivity index (χ3n) is 3.16. The first-order chi connectivity index (χ1) is 11.6. The first-order valence-corrected chi connectivity index (χ1v) is 7.33. The summed E-state index contributed by atoms with van der Waals surface area (Å²) < 4.78 is 4.99. The lowest BCUT2D eigenvalue weighted by Gasteiger charge is -2.07. The van der Waals surface area contributed by atoms with Gasteiger partial charge < -0.3 is 15.2 Å². The van der Waals surface area contributed by atoms with Gasteiger partial charge in [0, 0.05) is 31.1 Å². The summed E-state index contributed by atoms with van der Waals surface area (Å²) in [7, 11) is 0. The molecule has 0 aliphatic rings. The average Bonchev–Trinajstić information content (AvgIpc) is 2.98. The van der Waals surface area contributed by atoms with Gasteiger partial charge in [-0.3, -0.25) is 9.78 Å². The molecule has 8 heteroatoms. The molecule has 122 valence electrons. The van der Waals surface area contributed by atoms with Crippen LogP contribution in [0.2, 0.25) is 0 Å². The van der Waals surface area contributed by atoms with E-state index in [4.69, 9.17) is 4.52 Å². The Balaban J connectivity index is 1.71.